The van der Waals surface area contributed by atoms with Crippen molar-refractivity contribution in [3.8, 4) is 5.75 Å². The Bertz CT molecular complexity index is 1450. The minimum absolute atomic E-state index is 0.0520. The number of aromatic nitrogens is 1. The molecule has 36 heavy (non-hydrogen) atoms. The molecule has 0 saturated heterocycles. The van der Waals surface area contributed by atoms with Crippen molar-refractivity contribution in [2.45, 2.75) is 25.9 Å². The molecule has 5 rings (SSSR count). The van der Waals surface area contributed by atoms with Gasteiger partial charge in [0.2, 0.25) is 5.43 Å². The molecule has 1 aliphatic heterocycles. The van der Waals surface area contributed by atoms with E-state index in [4.69, 9.17) is 16.3 Å². The van der Waals surface area contributed by atoms with Gasteiger partial charge in [0.15, 0.2) is 6.73 Å². The molecule has 0 fully saturated rings. The van der Waals surface area contributed by atoms with E-state index < -0.39 is 5.91 Å². The van der Waals surface area contributed by atoms with E-state index in [9.17, 15) is 14.7 Å². The third-order valence-corrected chi connectivity index (χ3v) is 6.47. The molecular formula is C28H26ClN3O4. The SMILES string of the molecule is O=C(NCc1ccc(Cl)cc1)c1cn2c3c(cc(CCCO)cc3c1=O)OCN2Cc1ccccc1. The number of benzene rings is 3. The van der Waals surface area contributed by atoms with Gasteiger partial charge in [-0.25, -0.2) is 0 Å². The van der Waals surface area contributed by atoms with Crippen molar-refractivity contribution in [2.75, 3.05) is 18.3 Å². The Morgan fingerprint density at radius 3 is 2.56 bits per heavy atom. The molecule has 0 aliphatic carbocycles. The summed E-state index contributed by atoms with van der Waals surface area (Å²) in [6.07, 6.45) is 2.77. The average Bonchev–Trinajstić information content (AvgIpc) is 2.90. The molecule has 2 heterocycles. The number of aliphatic hydroxyl groups is 1. The number of halogens is 1. The molecule has 1 amide bonds. The van der Waals surface area contributed by atoms with Gasteiger partial charge in [0.25, 0.3) is 5.91 Å². The lowest BCUT2D eigenvalue weighted by Gasteiger charge is -2.34. The summed E-state index contributed by atoms with van der Waals surface area (Å²) in [7, 11) is 0. The number of amides is 1. The van der Waals surface area contributed by atoms with E-state index in [2.05, 4.69) is 5.32 Å². The second kappa shape index (κ2) is 10.4. The lowest BCUT2D eigenvalue weighted by molar-refractivity contribution is 0.0949. The highest BCUT2D eigenvalue weighted by atomic mass is 35.5. The molecule has 1 aliphatic rings. The van der Waals surface area contributed by atoms with Crippen LogP contribution in [0, 0.1) is 0 Å². The number of aliphatic hydroxyl groups excluding tert-OH is 1. The molecule has 0 atom stereocenters. The monoisotopic (exact) mass is 503 g/mol. The van der Waals surface area contributed by atoms with E-state index in [-0.39, 0.29) is 30.9 Å². The molecule has 0 unspecified atom stereocenters. The summed E-state index contributed by atoms with van der Waals surface area (Å²) >= 11 is 5.95. The van der Waals surface area contributed by atoms with E-state index in [1.54, 1.807) is 24.4 Å². The lowest BCUT2D eigenvalue weighted by atomic mass is 10.0. The Kier molecular flexibility index (Phi) is 6.93. The number of hydrogen-bond acceptors (Lipinski definition) is 5. The fourth-order valence-electron chi connectivity index (χ4n) is 4.39. The zero-order valence-electron chi connectivity index (χ0n) is 19.6. The highest BCUT2D eigenvalue weighted by molar-refractivity contribution is 6.30. The summed E-state index contributed by atoms with van der Waals surface area (Å²) in [4.78, 5) is 26.8. The van der Waals surface area contributed by atoms with Gasteiger partial charge in [-0.05, 0) is 53.8 Å². The number of pyridine rings is 1. The van der Waals surface area contributed by atoms with Crippen LogP contribution in [0.1, 0.15) is 33.5 Å². The van der Waals surface area contributed by atoms with Crippen LogP contribution in [-0.4, -0.2) is 29.0 Å². The summed E-state index contributed by atoms with van der Waals surface area (Å²) in [5, 5.41) is 15.1. The van der Waals surface area contributed by atoms with Gasteiger partial charge in [0, 0.05) is 24.4 Å². The number of nitrogens with zero attached hydrogens (tertiary/aromatic N) is 2. The molecule has 0 radical (unpaired) electrons. The van der Waals surface area contributed by atoms with Crippen LogP contribution in [0.3, 0.4) is 0 Å². The van der Waals surface area contributed by atoms with Crippen molar-refractivity contribution >= 4 is 28.4 Å². The predicted molar refractivity (Wildman–Crippen MR) is 140 cm³/mol. The maximum atomic E-state index is 13.5. The van der Waals surface area contributed by atoms with Crippen molar-refractivity contribution in [3.63, 3.8) is 0 Å². The van der Waals surface area contributed by atoms with Gasteiger partial charge >= 0.3 is 0 Å². The van der Waals surface area contributed by atoms with Crippen LogP contribution in [-0.2, 0) is 19.5 Å². The van der Waals surface area contributed by atoms with Crippen LogP contribution in [0.5, 0.6) is 5.75 Å². The molecule has 4 aromatic rings. The van der Waals surface area contributed by atoms with Crippen molar-refractivity contribution < 1.29 is 14.6 Å². The van der Waals surface area contributed by atoms with Crippen molar-refractivity contribution in [1.82, 2.24) is 9.99 Å². The van der Waals surface area contributed by atoms with Crippen LogP contribution in [0.2, 0.25) is 5.02 Å². The summed E-state index contributed by atoms with van der Waals surface area (Å²) in [6, 6.07) is 20.8. The second-order valence-corrected chi connectivity index (χ2v) is 9.20. The van der Waals surface area contributed by atoms with Gasteiger partial charge in [-0.2, -0.15) is 0 Å². The maximum absolute atomic E-state index is 13.5. The van der Waals surface area contributed by atoms with Crippen molar-refractivity contribution in [3.05, 3.63) is 110 Å². The molecule has 7 nitrogen and oxygen atoms in total. The van der Waals surface area contributed by atoms with E-state index in [1.807, 2.05) is 58.2 Å². The zero-order chi connectivity index (χ0) is 25.1. The first-order valence-electron chi connectivity index (χ1n) is 11.8. The number of ether oxygens (including phenoxy) is 1. The fraction of sp³-hybridized carbons (Fsp3) is 0.214. The van der Waals surface area contributed by atoms with Gasteiger partial charge in [-0.15, -0.1) is 0 Å². The number of rotatable bonds is 8. The first kappa shape index (κ1) is 23.9. The molecule has 2 N–H and O–H groups in total. The van der Waals surface area contributed by atoms with Crippen LogP contribution >= 0.6 is 11.6 Å². The summed E-state index contributed by atoms with van der Waals surface area (Å²) in [5.41, 5.74) is 3.16. The van der Waals surface area contributed by atoms with Gasteiger partial charge in [-0.3, -0.25) is 19.3 Å². The second-order valence-electron chi connectivity index (χ2n) is 8.77. The molecule has 8 heteroatoms. The maximum Gasteiger partial charge on any atom is 0.257 e. The van der Waals surface area contributed by atoms with Crippen molar-refractivity contribution in [1.29, 1.82) is 0 Å². The summed E-state index contributed by atoms with van der Waals surface area (Å²) < 4.78 is 7.92. The number of carbonyl (C=O) groups is 1. The van der Waals surface area contributed by atoms with Crippen LogP contribution in [0.25, 0.3) is 10.9 Å². The zero-order valence-corrected chi connectivity index (χ0v) is 20.4. The van der Waals surface area contributed by atoms with E-state index in [0.717, 1.165) is 16.7 Å². The van der Waals surface area contributed by atoms with E-state index in [0.29, 0.717) is 41.1 Å². The van der Waals surface area contributed by atoms with Crippen LogP contribution in [0.4, 0.5) is 0 Å². The Balaban J connectivity index is 1.55. The number of hydrogen-bond donors (Lipinski definition) is 2. The molecule has 0 saturated carbocycles. The topological polar surface area (TPSA) is 83.8 Å². The number of carbonyl (C=O) groups excluding carboxylic acids is 1. The first-order chi connectivity index (χ1) is 17.5. The number of aryl methyl sites for hydroxylation is 1. The number of nitrogens with one attached hydrogen (secondary N) is 1. The first-order valence-corrected chi connectivity index (χ1v) is 12.2. The standard InChI is InChI=1S/C28H26ClN3O4/c29-22-10-8-19(9-11-22)15-30-28(35)24-17-32-26-23(27(24)34)13-21(7-4-12-33)14-25(26)36-18-31(32)16-20-5-2-1-3-6-20/h1-3,5-6,8-11,13-14,17,33H,4,7,12,15-16,18H2,(H,30,35). The lowest BCUT2D eigenvalue weighted by Crippen LogP contribution is -2.42. The minimum atomic E-state index is -0.450. The van der Waals surface area contributed by atoms with Crippen LogP contribution in [0.15, 0.2) is 77.7 Å². The smallest absolute Gasteiger partial charge is 0.257 e. The van der Waals surface area contributed by atoms with Gasteiger partial charge in [-0.1, -0.05) is 54.1 Å². The van der Waals surface area contributed by atoms with Gasteiger partial charge < -0.3 is 15.2 Å². The van der Waals surface area contributed by atoms with E-state index >= 15 is 0 Å². The highest BCUT2D eigenvalue weighted by Gasteiger charge is 2.25. The Morgan fingerprint density at radius 2 is 1.81 bits per heavy atom. The molecule has 184 valence electrons. The van der Waals surface area contributed by atoms with Crippen molar-refractivity contribution in [2.24, 2.45) is 0 Å². The van der Waals surface area contributed by atoms with Crippen LogP contribution < -0.4 is 20.5 Å². The van der Waals surface area contributed by atoms with E-state index in [1.165, 1.54) is 0 Å². The summed E-state index contributed by atoms with van der Waals surface area (Å²) in [6.45, 7) is 1.12. The Hall–Kier alpha value is -3.81. The normalized spacial score (nSPS) is 12.4. The third kappa shape index (κ3) is 4.94. The fourth-order valence-corrected chi connectivity index (χ4v) is 4.52. The molecule has 1 aromatic heterocycles. The molecular weight excluding hydrogens is 478 g/mol. The Morgan fingerprint density at radius 1 is 1.03 bits per heavy atom. The third-order valence-electron chi connectivity index (χ3n) is 6.22. The largest absolute Gasteiger partial charge is 0.469 e. The Labute approximate surface area is 213 Å². The van der Waals surface area contributed by atoms with Gasteiger partial charge in [0.1, 0.15) is 16.8 Å². The molecule has 3 aromatic carbocycles. The highest BCUT2D eigenvalue weighted by Crippen LogP contribution is 2.31. The predicted octanol–water partition coefficient (Wildman–Crippen LogP) is 4.00. The average molecular weight is 504 g/mol. The van der Waals surface area contributed by atoms with Gasteiger partial charge in [0.05, 0.1) is 11.9 Å². The summed E-state index contributed by atoms with van der Waals surface area (Å²) in [5.74, 6) is 0.143. The molecule has 0 spiro atoms. The minimum Gasteiger partial charge on any atom is -0.469 e. The molecule has 0 bridgehead atoms. The quantitative estimate of drug-likeness (QED) is 0.380.